The lowest BCUT2D eigenvalue weighted by molar-refractivity contribution is -0.386. The standard InChI is InChI=1S/C15H21N3O5/c1-22-13-6-2-5-12(14(13)18(20)21)9-17-7-3-4-11(8-17)10-23-15(16)19/h2,5-6,11H,3-4,7-10H2,1H3,(H2,16,19). The Hall–Kier alpha value is -2.35. The van der Waals surface area contributed by atoms with Crippen molar-refractivity contribution in [3.8, 4) is 5.75 Å². The molecule has 2 rings (SSSR count). The first-order valence-corrected chi connectivity index (χ1v) is 7.46. The molecular formula is C15H21N3O5. The second-order valence-electron chi connectivity index (χ2n) is 5.60. The fourth-order valence-electron chi connectivity index (χ4n) is 2.94. The smallest absolute Gasteiger partial charge is 0.404 e. The number of benzene rings is 1. The number of carbonyl (C=O) groups is 1. The molecule has 8 heteroatoms. The number of ether oxygens (including phenoxy) is 2. The topological polar surface area (TPSA) is 108 Å². The SMILES string of the molecule is COc1cccc(CN2CCCC(COC(N)=O)C2)c1[N+](=O)[O-]. The van der Waals surface area contributed by atoms with Crippen LogP contribution in [0.1, 0.15) is 18.4 Å². The predicted octanol–water partition coefficient (Wildman–Crippen LogP) is 1.91. The highest BCUT2D eigenvalue weighted by Gasteiger charge is 2.25. The maximum absolute atomic E-state index is 11.3. The minimum Gasteiger partial charge on any atom is -0.490 e. The Labute approximate surface area is 134 Å². The molecule has 0 saturated carbocycles. The monoisotopic (exact) mass is 323 g/mol. The Balaban J connectivity index is 2.06. The molecule has 1 fully saturated rings. The summed E-state index contributed by atoms with van der Waals surface area (Å²) in [6, 6.07) is 5.07. The summed E-state index contributed by atoms with van der Waals surface area (Å²) in [6.07, 6.45) is 1.12. The number of rotatable bonds is 6. The minimum atomic E-state index is -0.773. The van der Waals surface area contributed by atoms with Crippen LogP contribution in [0.3, 0.4) is 0 Å². The van der Waals surface area contributed by atoms with Gasteiger partial charge in [0.2, 0.25) is 0 Å². The van der Waals surface area contributed by atoms with E-state index in [-0.39, 0.29) is 24.0 Å². The summed E-state index contributed by atoms with van der Waals surface area (Å²) in [5.41, 5.74) is 5.61. The summed E-state index contributed by atoms with van der Waals surface area (Å²) in [5, 5.41) is 11.3. The average Bonchev–Trinajstić information content (AvgIpc) is 2.52. The van der Waals surface area contributed by atoms with Crippen molar-refractivity contribution in [2.45, 2.75) is 19.4 Å². The highest BCUT2D eigenvalue weighted by Crippen LogP contribution is 2.32. The molecule has 1 aromatic rings. The number of carbonyl (C=O) groups excluding carboxylic acids is 1. The average molecular weight is 323 g/mol. The van der Waals surface area contributed by atoms with Gasteiger partial charge in [0.05, 0.1) is 18.6 Å². The molecule has 1 saturated heterocycles. The first-order valence-electron chi connectivity index (χ1n) is 7.46. The van der Waals surface area contributed by atoms with Gasteiger partial charge in [-0.3, -0.25) is 15.0 Å². The summed E-state index contributed by atoms with van der Waals surface area (Å²) in [7, 11) is 1.42. The molecule has 1 aliphatic rings. The highest BCUT2D eigenvalue weighted by atomic mass is 16.6. The van der Waals surface area contributed by atoms with Crippen LogP contribution < -0.4 is 10.5 Å². The summed E-state index contributed by atoms with van der Waals surface area (Å²) in [4.78, 5) is 23.7. The molecule has 8 nitrogen and oxygen atoms in total. The van der Waals surface area contributed by atoms with Crippen LogP contribution in [0.25, 0.3) is 0 Å². The van der Waals surface area contributed by atoms with Crippen LogP contribution in [0.15, 0.2) is 18.2 Å². The molecule has 1 heterocycles. The van der Waals surface area contributed by atoms with E-state index in [2.05, 4.69) is 4.90 Å². The number of amides is 1. The molecule has 0 radical (unpaired) electrons. The number of nitro groups is 1. The lowest BCUT2D eigenvalue weighted by Crippen LogP contribution is -2.37. The van der Waals surface area contributed by atoms with Gasteiger partial charge in [-0.15, -0.1) is 0 Å². The number of hydrogen-bond acceptors (Lipinski definition) is 6. The fourth-order valence-corrected chi connectivity index (χ4v) is 2.94. The third-order valence-electron chi connectivity index (χ3n) is 3.94. The zero-order chi connectivity index (χ0) is 16.8. The van der Waals surface area contributed by atoms with Crippen molar-refractivity contribution in [1.29, 1.82) is 0 Å². The maximum atomic E-state index is 11.3. The van der Waals surface area contributed by atoms with E-state index in [9.17, 15) is 14.9 Å². The molecule has 0 bridgehead atoms. The molecule has 0 aliphatic carbocycles. The Morgan fingerprint density at radius 3 is 2.96 bits per heavy atom. The van der Waals surface area contributed by atoms with E-state index in [1.807, 2.05) is 0 Å². The molecule has 1 amide bonds. The Morgan fingerprint density at radius 2 is 2.30 bits per heavy atom. The van der Waals surface area contributed by atoms with Crippen LogP contribution in [-0.2, 0) is 11.3 Å². The van der Waals surface area contributed by atoms with Crippen molar-refractivity contribution in [3.05, 3.63) is 33.9 Å². The largest absolute Gasteiger partial charge is 0.490 e. The number of nitrogens with two attached hydrogens (primary N) is 1. The van der Waals surface area contributed by atoms with Crippen molar-refractivity contribution >= 4 is 11.8 Å². The van der Waals surface area contributed by atoms with E-state index in [1.165, 1.54) is 7.11 Å². The highest BCUT2D eigenvalue weighted by molar-refractivity contribution is 5.64. The van der Waals surface area contributed by atoms with Gasteiger partial charge in [0, 0.05) is 24.6 Å². The molecule has 1 atom stereocenters. The number of nitrogens with zero attached hydrogens (tertiary/aromatic N) is 2. The van der Waals surface area contributed by atoms with Gasteiger partial charge in [-0.05, 0) is 25.5 Å². The third kappa shape index (κ3) is 4.56. The van der Waals surface area contributed by atoms with E-state index in [0.29, 0.717) is 18.7 Å². The van der Waals surface area contributed by atoms with Crippen molar-refractivity contribution < 1.29 is 19.2 Å². The molecule has 1 aromatic carbocycles. The number of methoxy groups -OCH3 is 1. The zero-order valence-electron chi connectivity index (χ0n) is 13.1. The summed E-state index contributed by atoms with van der Waals surface area (Å²) >= 11 is 0. The molecule has 126 valence electrons. The molecule has 1 unspecified atom stereocenters. The van der Waals surface area contributed by atoms with Gasteiger partial charge in [0.25, 0.3) is 0 Å². The van der Waals surface area contributed by atoms with Crippen LogP contribution in [0.5, 0.6) is 5.75 Å². The number of primary amides is 1. The maximum Gasteiger partial charge on any atom is 0.404 e. The minimum absolute atomic E-state index is 0.00510. The van der Waals surface area contributed by atoms with Gasteiger partial charge in [0.1, 0.15) is 0 Å². The van der Waals surface area contributed by atoms with Crippen LogP contribution in [0.2, 0.25) is 0 Å². The van der Waals surface area contributed by atoms with Crippen LogP contribution in [-0.4, -0.2) is 42.7 Å². The van der Waals surface area contributed by atoms with Gasteiger partial charge in [-0.1, -0.05) is 12.1 Å². The number of piperidine rings is 1. The predicted molar refractivity (Wildman–Crippen MR) is 83.2 cm³/mol. The molecule has 0 aromatic heterocycles. The number of nitro benzene ring substituents is 1. The zero-order valence-corrected chi connectivity index (χ0v) is 13.1. The van der Waals surface area contributed by atoms with Gasteiger partial charge < -0.3 is 15.2 Å². The second-order valence-corrected chi connectivity index (χ2v) is 5.60. The van der Waals surface area contributed by atoms with Gasteiger partial charge in [-0.2, -0.15) is 0 Å². The van der Waals surface area contributed by atoms with E-state index < -0.39 is 11.0 Å². The van der Waals surface area contributed by atoms with Crippen LogP contribution in [0, 0.1) is 16.0 Å². The molecule has 23 heavy (non-hydrogen) atoms. The Morgan fingerprint density at radius 1 is 1.52 bits per heavy atom. The van der Waals surface area contributed by atoms with E-state index >= 15 is 0 Å². The number of hydrogen-bond donors (Lipinski definition) is 1. The van der Waals surface area contributed by atoms with Gasteiger partial charge >= 0.3 is 11.8 Å². The molecule has 1 aliphatic heterocycles. The first kappa shape index (κ1) is 17.0. The lowest BCUT2D eigenvalue weighted by Gasteiger charge is -2.32. The normalized spacial score (nSPS) is 18.4. The molecular weight excluding hydrogens is 302 g/mol. The number of para-hydroxylation sites is 1. The number of likely N-dealkylation sites (tertiary alicyclic amines) is 1. The molecule has 2 N–H and O–H groups in total. The van der Waals surface area contributed by atoms with Crippen molar-refractivity contribution in [2.75, 3.05) is 26.8 Å². The van der Waals surface area contributed by atoms with Crippen LogP contribution in [0.4, 0.5) is 10.5 Å². The Kier molecular flexibility index (Phi) is 5.75. The molecule has 0 spiro atoms. The van der Waals surface area contributed by atoms with E-state index in [0.717, 1.165) is 19.4 Å². The lowest BCUT2D eigenvalue weighted by atomic mass is 9.98. The quantitative estimate of drug-likeness (QED) is 0.633. The second kappa shape index (κ2) is 7.77. The fraction of sp³-hybridized carbons (Fsp3) is 0.533. The summed E-state index contributed by atoms with van der Waals surface area (Å²) < 4.78 is 9.95. The van der Waals surface area contributed by atoms with Crippen molar-refractivity contribution in [1.82, 2.24) is 4.90 Å². The third-order valence-corrected chi connectivity index (χ3v) is 3.94. The van der Waals surface area contributed by atoms with E-state index in [4.69, 9.17) is 15.2 Å². The van der Waals surface area contributed by atoms with Crippen LogP contribution >= 0.6 is 0 Å². The summed E-state index contributed by atoms with van der Waals surface area (Å²) in [5.74, 6) is 0.457. The van der Waals surface area contributed by atoms with Gasteiger partial charge in [0.15, 0.2) is 5.75 Å². The summed E-state index contributed by atoms with van der Waals surface area (Å²) in [6.45, 7) is 2.30. The van der Waals surface area contributed by atoms with E-state index in [1.54, 1.807) is 18.2 Å². The first-order chi connectivity index (χ1) is 11.0. The van der Waals surface area contributed by atoms with Crippen molar-refractivity contribution in [2.24, 2.45) is 11.7 Å². The van der Waals surface area contributed by atoms with Crippen molar-refractivity contribution in [3.63, 3.8) is 0 Å². The van der Waals surface area contributed by atoms with Gasteiger partial charge in [-0.25, -0.2) is 4.79 Å². The Bertz CT molecular complexity index is 578.